The lowest BCUT2D eigenvalue weighted by atomic mass is 10.0. The van der Waals surface area contributed by atoms with Crippen molar-refractivity contribution in [2.24, 2.45) is 5.92 Å². The van der Waals surface area contributed by atoms with Crippen LogP contribution in [0.15, 0.2) is 0 Å². The Bertz CT molecular complexity index is 292. The summed E-state index contributed by atoms with van der Waals surface area (Å²) in [6, 6.07) is -0.573. The predicted molar refractivity (Wildman–Crippen MR) is 78.5 cm³/mol. The molecule has 0 bridgehead atoms. The summed E-state index contributed by atoms with van der Waals surface area (Å²) in [7, 11) is 1.59. The molecule has 0 aliphatic carbocycles. The van der Waals surface area contributed by atoms with Gasteiger partial charge in [0.1, 0.15) is 6.04 Å². The molecule has 0 fully saturated rings. The minimum absolute atomic E-state index is 0.292. The fraction of sp³-hybridized carbons (Fsp3) is 0.867. The fourth-order valence-electron chi connectivity index (χ4n) is 1.69. The minimum atomic E-state index is -0.573. The highest BCUT2D eigenvalue weighted by molar-refractivity contribution is 5.81. The second-order valence-corrected chi connectivity index (χ2v) is 5.39. The Kier molecular flexibility index (Phi) is 9.86. The van der Waals surface area contributed by atoms with E-state index in [1.807, 2.05) is 27.7 Å². The van der Waals surface area contributed by atoms with Crippen molar-refractivity contribution in [2.75, 3.05) is 20.3 Å². The van der Waals surface area contributed by atoms with Gasteiger partial charge in [-0.05, 0) is 25.2 Å². The van der Waals surface area contributed by atoms with Gasteiger partial charge in [-0.25, -0.2) is 9.59 Å². The quantitative estimate of drug-likeness (QED) is 0.482. The molecule has 5 heteroatoms. The topological polar surface area (TPSA) is 55.8 Å². The van der Waals surface area contributed by atoms with Crippen molar-refractivity contribution in [2.45, 2.75) is 59.4 Å². The summed E-state index contributed by atoms with van der Waals surface area (Å²) >= 11 is 0. The lowest BCUT2D eigenvalue weighted by molar-refractivity contribution is -0.149. The van der Waals surface area contributed by atoms with Gasteiger partial charge in [0.05, 0.1) is 13.2 Å². The molecule has 0 N–H and O–H groups in total. The number of hydrogen-bond donors (Lipinski definition) is 0. The third-order valence-electron chi connectivity index (χ3n) is 2.89. The summed E-state index contributed by atoms with van der Waals surface area (Å²) in [5.41, 5.74) is 0. The Morgan fingerprint density at radius 1 is 1.05 bits per heavy atom. The SMILES string of the molecule is CCCCOC(=O)N(C)C(CC(C)C)C(=O)OCCC. The van der Waals surface area contributed by atoms with E-state index in [0.29, 0.717) is 25.6 Å². The second-order valence-electron chi connectivity index (χ2n) is 5.39. The molecular weight excluding hydrogens is 258 g/mol. The molecule has 0 aromatic carbocycles. The van der Waals surface area contributed by atoms with E-state index in [1.54, 1.807) is 7.05 Å². The van der Waals surface area contributed by atoms with Gasteiger partial charge in [-0.15, -0.1) is 0 Å². The Morgan fingerprint density at radius 2 is 1.70 bits per heavy atom. The van der Waals surface area contributed by atoms with Crippen molar-refractivity contribution >= 4 is 12.1 Å². The summed E-state index contributed by atoms with van der Waals surface area (Å²) in [6.07, 6.45) is 2.67. The molecule has 0 aromatic heterocycles. The maximum absolute atomic E-state index is 12.0. The Morgan fingerprint density at radius 3 is 2.20 bits per heavy atom. The molecule has 1 unspecified atom stereocenters. The first-order chi connectivity index (χ1) is 9.43. The number of nitrogens with zero attached hydrogens (tertiary/aromatic N) is 1. The molecule has 0 rings (SSSR count). The zero-order chi connectivity index (χ0) is 15.5. The molecule has 20 heavy (non-hydrogen) atoms. The van der Waals surface area contributed by atoms with Crippen LogP contribution in [0.2, 0.25) is 0 Å². The first-order valence-corrected chi connectivity index (χ1v) is 7.50. The monoisotopic (exact) mass is 287 g/mol. The zero-order valence-corrected chi connectivity index (χ0v) is 13.5. The average molecular weight is 287 g/mol. The first kappa shape index (κ1) is 18.7. The van der Waals surface area contributed by atoms with E-state index < -0.39 is 12.1 Å². The van der Waals surface area contributed by atoms with Crippen LogP contribution in [0.25, 0.3) is 0 Å². The van der Waals surface area contributed by atoms with Crippen molar-refractivity contribution < 1.29 is 19.1 Å². The molecule has 1 atom stereocenters. The van der Waals surface area contributed by atoms with Crippen molar-refractivity contribution in [3.63, 3.8) is 0 Å². The Labute approximate surface area is 122 Å². The van der Waals surface area contributed by atoms with E-state index in [1.165, 1.54) is 4.90 Å². The van der Waals surface area contributed by atoms with Crippen molar-refractivity contribution in [1.82, 2.24) is 4.90 Å². The maximum atomic E-state index is 12.0. The van der Waals surface area contributed by atoms with Gasteiger partial charge in [-0.1, -0.05) is 34.1 Å². The molecule has 0 heterocycles. The van der Waals surface area contributed by atoms with Crippen molar-refractivity contribution in [3.8, 4) is 0 Å². The number of ether oxygens (including phenoxy) is 2. The molecule has 0 spiro atoms. The maximum Gasteiger partial charge on any atom is 0.410 e. The first-order valence-electron chi connectivity index (χ1n) is 7.50. The summed E-state index contributed by atoms with van der Waals surface area (Å²) < 4.78 is 10.3. The Hall–Kier alpha value is -1.26. The van der Waals surface area contributed by atoms with Crippen LogP contribution in [0.3, 0.4) is 0 Å². The van der Waals surface area contributed by atoms with Gasteiger partial charge < -0.3 is 9.47 Å². The summed E-state index contributed by atoms with van der Waals surface area (Å²) in [5, 5.41) is 0. The average Bonchev–Trinajstić information content (AvgIpc) is 2.41. The highest BCUT2D eigenvalue weighted by Gasteiger charge is 2.29. The van der Waals surface area contributed by atoms with Gasteiger partial charge in [0.15, 0.2) is 0 Å². The number of rotatable bonds is 9. The highest BCUT2D eigenvalue weighted by atomic mass is 16.6. The molecule has 0 saturated carbocycles. The molecule has 1 amide bonds. The normalized spacial score (nSPS) is 12.1. The van der Waals surface area contributed by atoms with E-state index in [2.05, 4.69) is 0 Å². The van der Waals surface area contributed by atoms with Crippen LogP contribution in [0.1, 0.15) is 53.4 Å². The number of hydrogen-bond acceptors (Lipinski definition) is 4. The molecule has 0 radical (unpaired) electrons. The van der Waals surface area contributed by atoms with Gasteiger partial charge in [0.2, 0.25) is 0 Å². The van der Waals surface area contributed by atoms with Crippen LogP contribution in [-0.2, 0) is 14.3 Å². The second kappa shape index (κ2) is 10.5. The molecule has 0 aliphatic rings. The molecule has 5 nitrogen and oxygen atoms in total. The van der Waals surface area contributed by atoms with Gasteiger partial charge in [0.25, 0.3) is 0 Å². The Balaban J connectivity index is 4.57. The lowest BCUT2D eigenvalue weighted by Crippen LogP contribution is -2.44. The van der Waals surface area contributed by atoms with Gasteiger partial charge in [0, 0.05) is 7.05 Å². The van der Waals surface area contributed by atoms with Crippen molar-refractivity contribution in [3.05, 3.63) is 0 Å². The molecule has 0 saturated heterocycles. The van der Waals surface area contributed by atoms with E-state index in [0.717, 1.165) is 19.3 Å². The summed E-state index contributed by atoms with van der Waals surface area (Å²) in [6.45, 7) is 8.76. The molecular formula is C15H29NO4. The van der Waals surface area contributed by atoms with Gasteiger partial charge >= 0.3 is 12.1 Å². The summed E-state index contributed by atoms with van der Waals surface area (Å²) in [4.78, 5) is 25.3. The van der Waals surface area contributed by atoms with Crippen LogP contribution in [0.5, 0.6) is 0 Å². The largest absolute Gasteiger partial charge is 0.464 e. The lowest BCUT2D eigenvalue weighted by Gasteiger charge is -2.27. The third kappa shape index (κ3) is 7.36. The van der Waals surface area contributed by atoms with E-state index in [9.17, 15) is 9.59 Å². The smallest absolute Gasteiger partial charge is 0.410 e. The van der Waals surface area contributed by atoms with E-state index in [4.69, 9.17) is 9.47 Å². The zero-order valence-electron chi connectivity index (χ0n) is 13.5. The summed E-state index contributed by atoms with van der Waals surface area (Å²) in [5.74, 6) is -0.0597. The van der Waals surface area contributed by atoms with E-state index in [-0.39, 0.29) is 5.97 Å². The fourth-order valence-corrected chi connectivity index (χ4v) is 1.69. The van der Waals surface area contributed by atoms with Gasteiger partial charge in [-0.3, -0.25) is 4.90 Å². The predicted octanol–water partition coefficient (Wildman–Crippen LogP) is 3.22. The minimum Gasteiger partial charge on any atom is -0.464 e. The molecule has 0 aliphatic heterocycles. The standard InChI is InChI=1S/C15H29NO4/c1-6-8-10-20-15(18)16(5)13(11-12(3)4)14(17)19-9-7-2/h12-13H,6-11H2,1-5H3. The van der Waals surface area contributed by atoms with Crippen LogP contribution in [0.4, 0.5) is 4.79 Å². The van der Waals surface area contributed by atoms with Gasteiger partial charge in [-0.2, -0.15) is 0 Å². The number of carbonyl (C=O) groups is 2. The van der Waals surface area contributed by atoms with Crippen LogP contribution < -0.4 is 0 Å². The number of esters is 1. The highest BCUT2D eigenvalue weighted by Crippen LogP contribution is 2.13. The molecule has 0 aromatic rings. The van der Waals surface area contributed by atoms with Crippen LogP contribution in [0, 0.1) is 5.92 Å². The molecule has 118 valence electrons. The number of unbranched alkanes of at least 4 members (excludes halogenated alkanes) is 1. The van der Waals surface area contributed by atoms with E-state index >= 15 is 0 Å². The number of carbonyl (C=O) groups excluding carboxylic acids is 2. The van der Waals surface area contributed by atoms with Crippen LogP contribution in [-0.4, -0.2) is 43.3 Å². The number of amides is 1. The number of likely N-dealkylation sites (N-methyl/N-ethyl adjacent to an activating group) is 1. The third-order valence-corrected chi connectivity index (χ3v) is 2.89. The van der Waals surface area contributed by atoms with Crippen LogP contribution >= 0.6 is 0 Å². The van der Waals surface area contributed by atoms with Crippen molar-refractivity contribution in [1.29, 1.82) is 0 Å².